The number of hydrogen-bond acceptors (Lipinski definition) is 6. The second-order valence-electron chi connectivity index (χ2n) is 17.2. The van der Waals surface area contributed by atoms with Crippen molar-refractivity contribution in [2.24, 2.45) is 0 Å². The molecule has 0 spiro atoms. The van der Waals surface area contributed by atoms with Crippen LogP contribution in [-0.4, -0.2) is 36.5 Å². The first kappa shape index (κ1) is 55.1. The standard InChI is InChI=1S/C52H92N2O4.Co/c1-3-5-7-9-11-13-15-17-19-21-23-25-27-29-31-33-41-57-49-37-35-47(51(55)43-49)45-53-39-40-54-46-48-36-38-50(44-52(48)56)58-42-34-32-30-28-26-24-22-20-18-16-14-12-10-8-6-4-2;/h35-38,43-44,53-56H,3-34,39-42,45-46H2,1-2H3;. The molecule has 2 rings (SSSR count). The smallest absolute Gasteiger partial charge is 0.123 e. The zero-order valence-corrected chi connectivity index (χ0v) is 39.4. The number of rotatable bonds is 43. The van der Waals surface area contributed by atoms with E-state index in [2.05, 4.69) is 24.5 Å². The summed E-state index contributed by atoms with van der Waals surface area (Å²) in [5.41, 5.74) is 1.73. The topological polar surface area (TPSA) is 83.0 Å². The number of phenolic OH excluding ortho intramolecular Hbond substituents is 2. The van der Waals surface area contributed by atoms with Crippen molar-refractivity contribution in [1.29, 1.82) is 0 Å². The van der Waals surface area contributed by atoms with Crippen molar-refractivity contribution < 1.29 is 36.5 Å². The average molecular weight is 868 g/mol. The van der Waals surface area contributed by atoms with Crippen molar-refractivity contribution in [2.75, 3.05) is 26.3 Å². The van der Waals surface area contributed by atoms with Crippen LogP contribution in [0.1, 0.15) is 230 Å². The Morgan fingerprint density at radius 1 is 0.373 bits per heavy atom. The molecule has 0 saturated carbocycles. The summed E-state index contributed by atoms with van der Waals surface area (Å²) in [5.74, 6) is 2.01. The van der Waals surface area contributed by atoms with Gasteiger partial charge in [0.15, 0.2) is 0 Å². The van der Waals surface area contributed by atoms with Gasteiger partial charge in [-0.2, -0.15) is 0 Å². The van der Waals surface area contributed by atoms with Crippen molar-refractivity contribution in [2.45, 2.75) is 232 Å². The predicted molar refractivity (Wildman–Crippen MR) is 250 cm³/mol. The van der Waals surface area contributed by atoms with Gasteiger partial charge in [-0.3, -0.25) is 0 Å². The summed E-state index contributed by atoms with van der Waals surface area (Å²) in [6.07, 6.45) is 43.6. The fourth-order valence-corrected chi connectivity index (χ4v) is 7.87. The number of phenols is 2. The SMILES string of the molecule is CCCCCCCCCCCCCCCCCCOc1ccc(CNCCNCc2ccc(OCCCCCCCCCCCCCCCCCC)cc2O)c(O)c1.[Co]. The third kappa shape index (κ3) is 32.5. The van der Waals surface area contributed by atoms with Crippen molar-refractivity contribution in [3.05, 3.63) is 47.5 Å². The molecule has 0 aromatic heterocycles. The van der Waals surface area contributed by atoms with Gasteiger partial charge in [0.2, 0.25) is 0 Å². The molecule has 6 nitrogen and oxygen atoms in total. The average Bonchev–Trinajstić information content (AvgIpc) is 3.22. The van der Waals surface area contributed by atoms with E-state index < -0.39 is 0 Å². The van der Waals surface area contributed by atoms with E-state index in [1.165, 1.54) is 193 Å². The molecule has 2 aromatic carbocycles. The van der Waals surface area contributed by atoms with E-state index in [0.29, 0.717) is 26.3 Å². The molecule has 59 heavy (non-hydrogen) atoms. The Kier molecular flexibility index (Phi) is 38.7. The molecule has 0 amide bonds. The van der Waals surface area contributed by atoms with E-state index in [0.717, 1.165) is 48.6 Å². The van der Waals surface area contributed by atoms with Gasteiger partial charge in [-0.1, -0.05) is 219 Å². The molecule has 0 saturated heterocycles. The minimum atomic E-state index is 0. The molecule has 0 heterocycles. The van der Waals surface area contributed by atoms with Gasteiger partial charge in [-0.05, 0) is 25.0 Å². The third-order valence-electron chi connectivity index (χ3n) is 11.8. The van der Waals surface area contributed by atoms with E-state index in [4.69, 9.17) is 9.47 Å². The van der Waals surface area contributed by atoms with Crippen LogP contribution in [0.4, 0.5) is 0 Å². The molecule has 0 aliphatic carbocycles. The maximum atomic E-state index is 10.5. The number of aromatic hydroxyl groups is 2. The van der Waals surface area contributed by atoms with Crippen LogP contribution in [0.25, 0.3) is 0 Å². The molecule has 343 valence electrons. The normalized spacial score (nSPS) is 11.2. The molecule has 0 bridgehead atoms. The van der Waals surface area contributed by atoms with Crippen molar-refractivity contribution in [3.8, 4) is 23.0 Å². The molecule has 2 aromatic rings. The van der Waals surface area contributed by atoms with Gasteiger partial charge in [-0.25, -0.2) is 0 Å². The quantitative estimate of drug-likeness (QED) is 0.0497. The Balaban J connectivity index is 0.0000174. The van der Waals surface area contributed by atoms with Crippen LogP contribution in [0.2, 0.25) is 0 Å². The first-order chi connectivity index (χ1) is 28.6. The first-order valence-corrected chi connectivity index (χ1v) is 24.9. The van der Waals surface area contributed by atoms with E-state index in [1.807, 2.05) is 24.3 Å². The summed E-state index contributed by atoms with van der Waals surface area (Å²) < 4.78 is 11.8. The maximum absolute atomic E-state index is 10.5. The number of ether oxygens (including phenoxy) is 2. The number of unbranched alkanes of at least 4 members (excludes halogenated alkanes) is 30. The molecule has 0 aliphatic rings. The molecule has 7 heteroatoms. The molecule has 4 N–H and O–H groups in total. The van der Waals surface area contributed by atoms with Gasteiger partial charge in [0.05, 0.1) is 13.2 Å². The third-order valence-corrected chi connectivity index (χ3v) is 11.8. The Morgan fingerprint density at radius 3 is 0.881 bits per heavy atom. The molecule has 0 aliphatic heterocycles. The van der Waals surface area contributed by atoms with E-state index in [1.54, 1.807) is 12.1 Å². The fourth-order valence-electron chi connectivity index (χ4n) is 7.87. The van der Waals surface area contributed by atoms with Crippen LogP contribution >= 0.6 is 0 Å². The van der Waals surface area contributed by atoms with Crippen LogP contribution in [-0.2, 0) is 29.9 Å². The van der Waals surface area contributed by atoms with Gasteiger partial charge in [0.25, 0.3) is 0 Å². The maximum Gasteiger partial charge on any atom is 0.123 e. The Hall–Kier alpha value is -1.93. The zero-order chi connectivity index (χ0) is 41.4. The summed E-state index contributed by atoms with van der Waals surface area (Å²) >= 11 is 0. The first-order valence-electron chi connectivity index (χ1n) is 24.9. The van der Waals surface area contributed by atoms with E-state index in [9.17, 15) is 10.2 Å². The molecule has 0 fully saturated rings. The number of nitrogens with one attached hydrogen (secondary N) is 2. The van der Waals surface area contributed by atoms with Crippen molar-refractivity contribution >= 4 is 0 Å². The van der Waals surface area contributed by atoms with Gasteiger partial charge < -0.3 is 30.3 Å². The predicted octanol–water partition coefficient (Wildman–Crippen LogP) is 15.3. The molecule has 0 atom stereocenters. The second kappa shape index (κ2) is 41.4. The summed E-state index contributed by atoms with van der Waals surface area (Å²) in [4.78, 5) is 0. The second-order valence-corrected chi connectivity index (χ2v) is 17.2. The van der Waals surface area contributed by atoms with Crippen LogP contribution in [0.5, 0.6) is 23.0 Å². The zero-order valence-electron chi connectivity index (χ0n) is 38.4. The Morgan fingerprint density at radius 2 is 0.627 bits per heavy atom. The van der Waals surface area contributed by atoms with Gasteiger partial charge in [0, 0.05) is 66.2 Å². The fraction of sp³-hybridized carbons (Fsp3) is 0.769. The van der Waals surface area contributed by atoms with E-state index in [-0.39, 0.29) is 28.3 Å². The number of benzene rings is 2. The monoisotopic (exact) mass is 868 g/mol. The van der Waals surface area contributed by atoms with Gasteiger partial charge >= 0.3 is 0 Å². The molecular weight excluding hydrogens is 776 g/mol. The summed E-state index contributed by atoms with van der Waals surface area (Å²) in [6, 6.07) is 11.3. The van der Waals surface area contributed by atoms with Crippen LogP contribution < -0.4 is 20.1 Å². The molecule has 0 unspecified atom stereocenters. The minimum absolute atomic E-state index is 0. The van der Waals surface area contributed by atoms with Crippen LogP contribution in [0.15, 0.2) is 36.4 Å². The Bertz CT molecular complexity index is 1110. The van der Waals surface area contributed by atoms with Crippen LogP contribution in [0, 0.1) is 0 Å². The molecule has 1 radical (unpaired) electrons. The van der Waals surface area contributed by atoms with Crippen molar-refractivity contribution in [3.63, 3.8) is 0 Å². The Labute approximate surface area is 374 Å². The van der Waals surface area contributed by atoms with Crippen molar-refractivity contribution in [1.82, 2.24) is 10.6 Å². The summed E-state index contributed by atoms with van der Waals surface area (Å²) in [5, 5.41) is 27.9. The number of hydrogen-bond donors (Lipinski definition) is 4. The minimum Gasteiger partial charge on any atom is -0.507 e. The van der Waals surface area contributed by atoms with Gasteiger partial charge in [0.1, 0.15) is 23.0 Å². The van der Waals surface area contributed by atoms with Crippen LogP contribution in [0.3, 0.4) is 0 Å². The van der Waals surface area contributed by atoms with E-state index >= 15 is 0 Å². The largest absolute Gasteiger partial charge is 0.507 e. The summed E-state index contributed by atoms with van der Waals surface area (Å²) in [7, 11) is 0. The summed E-state index contributed by atoms with van der Waals surface area (Å²) in [6.45, 7) is 8.65. The molecular formula is C52H92CoN2O4. The van der Waals surface area contributed by atoms with Gasteiger partial charge in [-0.15, -0.1) is 0 Å².